The van der Waals surface area contributed by atoms with E-state index >= 15 is 0 Å². The van der Waals surface area contributed by atoms with E-state index in [0.29, 0.717) is 5.92 Å². The molecule has 0 saturated carbocycles. The summed E-state index contributed by atoms with van der Waals surface area (Å²) in [4.78, 5) is 23.5. The summed E-state index contributed by atoms with van der Waals surface area (Å²) in [5.74, 6) is 1.04. The first-order chi connectivity index (χ1) is 17.3. The van der Waals surface area contributed by atoms with E-state index in [2.05, 4.69) is 79.8 Å². The zero-order chi connectivity index (χ0) is 25.6. The van der Waals surface area contributed by atoms with Crippen LogP contribution >= 0.6 is 0 Å². The number of imidazole rings is 1. The van der Waals surface area contributed by atoms with Crippen molar-refractivity contribution >= 4 is 16.7 Å². The topological polar surface area (TPSA) is 71.2 Å². The van der Waals surface area contributed by atoms with E-state index in [-0.39, 0.29) is 11.7 Å². The fourth-order valence-electron chi connectivity index (χ4n) is 6.06. The molecule has 7 nitrogen and oxygen atoms in total. The Kier molecular flexibility index (Phi) is 6.77. The van der Waals surface area contributed by atoms with E-state index in [9.17, 15) is 4.79 Å². The minimum Gasteiger partial charge on any atom is -0.306 e. The number of nitrogens with one attached hydrogen (secondary N) is 1. The van der Waals surface area contributed by atoms with E-state index in [0.717, 1.165) is 71.8 Å². The summed E-state index contributed by atoms with van der Waals surface area (Å²) in [6, 6.07) is 4.64. The Morgan fingerprint density at radius 2 is 1.89 bits per heavy atom. The normalized spacial score (nSPS) is 17.3. The molecule has 0 aliphatic carbocycles. The van der Waals surface area contributed by atoms with Crippen molar-refractivity contribution in [3.8, 4) is 11.1 Å². The van der Waals surface area contributed by atoms with E-state index in [1.165, 1.54) is 24.0 Å². The van der Waals surface area contributed by atoms with Gasteiger partial charge in [0.1, 0.15) is 6.33 Å². The van der Waals surface area contributed by atoms with Crippen molar-refractivity contribution in [2.75, 3.05) is 19.6 Å². The largest absolute Gasteiger partial charge is 0.326 e. The molecule has 1 aliphatic heterocycles. The van der Waals surface area contributed by atoms with Gasteiger partial charge in [-0.2, -0.15) is 5.10 Å². The fourth-order valence-corrected chi connectivity index (χ4v) is 6.06. The van der Waals surface area contributed by atoms with E-state index < -0.39 is 0 Å². The number of aromatic nitrogens is 5. The minimum absolute atomic E-state index is 0.00544. The van der Waals surface area contributed by atoms with Crippen molar-refractivity contribution in [3.63, 3.8) is 0 Å². The molecule has 5 rings (SSSR count). The van der Waals surface area contributed by atoms with Crippen LogP contribution in [0.1, 0.15) is 82.0 Å². The molecule has 1 saturated heterocycles. The van der Waals surface area contributed by atoms with E-state index in [1.54, 1.807) is 6.33 Å². The van der Waals surface area contributed by atoms with Gasteiger partial charge in [0.25, 0.3) is 0 Å². The first-order valence-electron chi connectivity index (χ1n) is 13.6. The molecule has 4 heterocycles. The number of aromatic amines is 1. The Bertz CT molecular complexity index is 1440. The van der Waals surface area contributed by atoms with E-state index in [4.69, 9.17) is 0 Å². The van der Waals surface area contributed by atoms with Gasteiger partial charge in [0.05, 0.1) is 17.1 Å². The quantitative estimate of drug-likeness (QED) is 0.354. The summed E-state index contributed by atoms with van der Waals surface area (Å²) < 4.78 is 3.90. The number of rotatable bonds is 7. The van der Waals surface area contributed by atoms with Crippen LogP contribution in [0.2, 0.25) is 0 Å². The lowest BCUT2D eigenvalue weighted by Crippen LogP contribution is -2.41. The van der Waals surface area contributed by atoms with Crippen LogP contribution in [0, 0.1) is 19.8 Å². The van der Waals surface area contributed by atoms with Gasteiger partial charge < -0.3 is 9.88 Å². The Labute approximate surface area is 213 Å². The van der Waals surface area contributed by atoms with Gasteiger partial charge in [0.2, 0.25) is 0 Å². The first-order valence-corrected chi connectivity index (χ1v) is 13.6. The van der Waals surface area contributed by atoms with Gasteiger partial charge in [-0.15, -0.1) is 0 Å². The van der Waals surface area contributed by atoms with Crippen LogP contribution in [0.25, 0.3) is 27.8 Å². The molecule has 1 N–H and O–H groups in total. The van der Waals surface area contributed by atoms with Gasteiger partial charge in [-0.05, 0) is 79.5 Å². The van der Waals surface area contributed by atoms with Crippen molar-refractivity contribution in [1.82, 2.24) is 29.0 Å². The predicted octanol–water partition coefficient (Wildman–Crippen LogP) is 5.85. The highest BCUT2D eigenvalue weighted by molar-refractivity contribution is 5.86. The molecule has 0 radical (unpaired) electrons. The molecule has 1 fully saturated rings. The molecular weight excluding hydrogens is 448 g/mol. The van der Waals surface area contributed by atoms with Gasteiger partial charge in [-0.25, -0.2) is 14.3 Å². The molecule has 192 valence electrons. The third-order valence-electron chi connectivity index (χ3n) is 8.44. The summed E-state index contributed by atoms with van der Waals surface area (Å²) in [6.07, 6.45) is 8.28. The van der Waals surface area contributed by atoms with Crippen LogP contribution in [0.5, 0.6) is 0 Å². The number of hydrogen-bond acceptors (Lipinski definition) is 4. The van der Waals surface area contributed by atoms with Crippen LogP contribution in [-0.4, -0.2) is 48.7 Å². The Hall–Kier alpha value is -2.93. The highest BCUT2D eigenvalue weighted by Gasteiger charge is 2.26. The smallest absolute Gasteiger partial charge is 0.306 e. The SMILES string of the molecule is CCC(CC)CN1CCC[C@@H](n2c(=O)[nH]c3cc(-c4cn5ncnc5c(C)c4C)c(C(C)C)cc32)C1. The second-order valence-corrected chi connectivity index (χ2v) is 11.0. The summed E-state index contributed by atoms with van der Waals surface area (Å²) in [7, 11) is 0. The standard InChI is InChI=1S/C29H40N6O/c1-7-21(8-2)14-33-11-9-10-22(15-33)35-27-13-23(18(3)4)24(12-26(27)32-29(35)36)25-16-34-28(30-17-31-34)20(6)19(25)5/h12-13,16-18,21-22H,7-11,14-15H2,1-6H3,(H,32,36)/t22-/m1/s1. The Balaban J connectivity index is 1.60. The highest BCUT2D eigenvalue weighted by atomic mass is 16.1. The summed E-state index contributed by atoms with van der Waals surface area (Å²) in [5.41, 5.74) is 8.70. The number of hydrogen-bond donors (Lipinski definition) is 1. The maximum absolute atomic E-state index is 13.3. The molecule has 1 aromatic carbocycles. The number of pyridine rings is 1. The molecule has 36 heavy (non-hydrogen) atoms. The third-order valence-corrected chi connectivity index (χ3v) is 8.44. The number of fused-ring (bicyclic) bond motifs is 2. The molecular formula is C29H40N6O. The van der Waals surface area contributed by atoms with Crippen LogP contribution in [-0.2, 0) is 0 Å². The Morgan fingerprint density at radius 1 is 1.11 bits per heavy atom. The number of benzene rings is 1. The van der Waals surface area contributed by atoms with Gasteiger partial charge in [0, 0.05) is 24.8 Å². The molecule has 1 aliphatic rings. The molecule has 1 atom stereocenters. The third kappa shape index (κ3) is 4.27. The van der Waals surface area contributed by atoms with E-state index in [1.807, 2.05) is 9.08 Å². The minimum atomic E-state index is 0.00544. The van der Waals surface area contributed by atoms with Crippen LogP contribution < -0.4 is 5.69 Å². The number of aryl methyl sites for hydroxylation is 1. The number of nitrogens with zero attached hydrogens (tertiary/aromatic N) is 5. The Morgan fingerprint density at radius 3 is 2.61 bits per heavy atom. The molecule has 0 amide bonds. The molecule has 0 unspecified atom stereocenters. The van der Waals surface area contributed by atoms with Crippen molar-refractivity contribution < 1.29 is 0 Å². The van der Waals surface area contributed by atoms with Crippen LogP contribution in [0.15, 0.2) is 29.5 Å². The predicted molar refractivity (Wildman–Crippen MR) is 147 cm³/mol. The van der Waals surface area contributed by atoms with Crippen LogP contribution in [0.3, 0.4) is 0 Å². The molecule has 7 heteroatoms. The monoisotopic (exact) mass is 488 g/mol. The van der Waals surface area contributed by atoms with Gasteiger partial charge in [0.15, 0.2) is 5.65 Å². The van der Waals surface area contributed by atoms with Crippen molar-refractivity contribution in [3.05, 3.63) is 51.8 Å². The summed E-state index contributed by atoms with van der Waals surface area (Å²) in [6.45, 7) is 16.5. The van der Waals surface area contributed by atoms with Crippen molar-refractivity contribution in [2.45, 2.75) is 79.2 Å². The highest BCUT2D eigenvalue weighted by Crippen LogP contribution is 2.36. The number of likely N-dealkylation sites (tertiary alicyclic amines) is 1. The van der Waals surface area contributed by atoms with Gasteiger partial charge in [-0.3, -0.25) is 4.57 Å². The first kappa shape index (κ1) is 24.8. The fraction of sp³-hybridized carbons (Fsp3) is 0.552. The molecule has 3 aromatic heterocycles. The van der Waals surface area contributed by atoms with Crippen molar-refractivity contribution in [2.24, 2.45) is 5.92 Å². The molecule has 0 bridgehead atoms. The summed E-state index contributed by atoms with van der Waals surface area (Å²) >= 11 is 0. The number of piperidine rings is 1. The second kappa shape index (κ2) is 9.85. The second-order valence-electron chi connectivity index (χ2n) is 11.0. The maximum Gasteiger partial charge on any atom is 0.326 e. The lowest BCUT2D eigenvalue weighted by molar-refractivity contribution is 0.151. The van der Waals surface area contributed by atoms with Crippen molar-refractivity contribution in [1.29, 1.82) is 0 Å². The maximum atomic E-state index is 13.3. The van der Waals surface area contributed by atoms with Gasteiger partial charge in [-0.1, -0.05) is 40.5 Å². The average molecular weight is 489 g/mol. The summed E-state index contributed by atoms with van der Waals surface area (Å²) in [5, 5.41) is 4.40. The zero-order valence-corrected chi connectivity index (χ0v) is 22.6. The van der Waals surface area contributed by atoms with Crippen LogP contribution in [0.4, 0.5) is 0 Å². The molecule has 4 aromatic rings. The van der Waals surface area contributed by atoms with Gasteiger partial charge >= 0.3 is 5.69 Å². The lowest BCUT2D eigenvalue weighted by Gasteiger charge is -2.35. The zero-order valence-electron chi connectivity index (χ0n) is 22.6. The molecule has 0 spiro atoms. The number of H-pyrrole nitrogens is 1. The average Bonchev–Trinajstić information content (AvgIpc) is 3.47. The lowest BCUT2D eigenvalue weighted by atomic mass is 9.89.